The Kier molecular flexibility index (Phi) is 13.6. The van der Waals surface area contributed by atoms with E-state index in [-0.39, 0.29) is 17.8 Å². The van der Waals surface area contributed by atoms with E-state index in [1.54, 1.807) is 6.92 Å². The number of aldehydes is 1. The fraction of sp³-hybridized carbons (Fsp3) is 0.611. The Bertz CT molecular complexity index is 639. The van der Waals surface area contributed by atoms with Crippen LogP contribution in [0.25, 0.3) is 0 Å². The van der Waals surface area contributed by atoms with Crippen LogP contribution in [0.3, 0.4) is 0 Å². The van der Waals surface area contributed by atoms with Crippen LogP contribution in [0.15, 0.2) is 35.3 Å². The molecule has 0 amide bonds. The molecule has 0 saturated carbocycles. The van der Waals surface area contributed by atoms with Gasteiger partial charge in [-0.05, 0) is 37.8 Å². The van der Waals surface area contributed by atoms with Crippen molar-refractivity contribution in [3.8, 4) is 0 Å². The normalized spacial score (nSPS) is 12.7. The van der Waals surface area contributed by atoms with E-state index >= 15 is 0 Å². The van der Waals surface area contributed by atoms with Gasteiger partial charge in [0.1, 0.15) is 12.7 Å². The monoisotopic (exact) mass is 397 g/mol. The second-order valence-corrected chi connectivity index (χ2v) is 6.16. The summed E-state index contributed by atoms with van der Waals surface area (Å²) in [5.41, 5.74) is -0.894. The third-order valence-electron chi connectivity index (χ3n) is 3.96. The highest BCUT2D eigenvalue weighted by Gasteiger charge is 2.22. The van der Waals surface area contributed by atoms with E-state index in [0.717, 1.165) is 38.0 Å². The molecule has 0 bridgehead atoms. The molecule has 0 N–H and O–H groups in total. The van der Waals surface area contributed by atoms with E-state index in [2.05, 4.69) is 0 Å². The molecule has 28 heavy (non-hydrogen) atoms. The van der Waals surface area contributed by atoms with Gasteiger partial charge in [0.2, 0.25) is 5.70 Å². The predicted octanol–water partition coefficient (Wildman–Crippen LogP) is 4.59. The molecule has 0 radical (unpaired) electrons. The topological polar surface area (TPSA) is 146 Å². The van der Waals surface area contributed by atoms with E-state index in [1.807, 2.05) is 0 Å². The van der Waals surface area contributed by atoms with Crippen LogP contribution >= 0.6 is 0 Å². The number of nitro groups is 3. The van der Waals surface area contributed by atoms with Crippen LogP contribution < -0.4 is 0 Å². The second kappa shape index (κ2) is 15.2. The first-order chi connectivity index (χ1) is 13.3. The number of unbranched alkanes of at least 4 members (excludes halogenated alkanes) is 6. The minimum Gasteiger partial charge on any atom is -0.303 e. The maximum absolute atomic E-state index is 11.2. The molecule has 156 valence electrons. The summed E-state index contributed by atoms with van der Waals surface area (Å²) in [5.74, 6) is 0. The minimum absolute atomic E-state index is 0.178. The zero-order valence-electron chi connectivity index (χ0n) is 16.1. The number of rotatable bonds is 16. The average Bonchev–Trinajstić information content (AvgIpc) is 2.63. The molecule has 0 aliphatic rings. The van der Waals surface area contributed by atoms with Crippen molar-refractivity contribution < 1.29 is 19.6 Å². The Morgan fingerprint density at radius 2 is 1.21 bits per heavy atom. The highest BCUT2D eigenvalue weighted by Crippen LogP contribution is 2.17. The molecule has 0 aliphatic carbocycles. The van der Waals surface area contributed by atoms with Crippen LogP contribution in [0, 0.1) is 30.3 Å². The zero-order chi connectivity index (χ0) is 21.4. The molecule has 0 aromatic rings. The maximum atomic E-state index is 11.2. The van der Waals surface area contributed by atoms with Gasteiger partial charge in [0.25, 0.3) is 11.4 Å². The van der Waals surface area contributed by atoms with E-state index < -0.39 is 26.9 Å². The van der Waals surface area contributed by atoms with E-state index in [4.69, 9.17) is 0 Å². The second-order valence-electron chi connectivity index (χ2n) is 6.16. The SMILES string of the molecule is CC/C=C(\C/C=C(\C/C(=C\CCCCCCCC=O)[N+](=O)[O-])[N+](=O)[O-])[N+](=O)[O-]. The lowest BCUT2D eigenvalue weighted by Crippen LogP contribution is -2.07. The lowest BCUT2D eigenvalue weighted by Gasteiger charge is -2.00. The molecular weight excluding hydrogens is 370 g/mol. The van der Waals surface area contributed by atoms with Gasteiger partial charge in [-0.15, -0.1) is 0 Å². The summed E-state index contributed by atoms with van der Waals surface area (Å²) in [7, 11) is 0. The number of carbonyl (C=O) groups is 1. The summed E-state index contributed by atoms with van der Waals surface area (Å²) >= 11 is 0. The molecule has 0 aliphatic heterocycles. The molecule has 0 fully saturated rings. The van der Waals surface area contributed by atoms with Crippen molar-refractivity contribution in [1.29, 1.82) is 0 Å². The Hall–Kier alpha value is -2.91. The van der Waals surface area contributed by atoms with Gasteiger partial charge >= 0.3 is 0 Å². The third-order valence-corrected chi connectivity index (χ3v) is 3.96. The van der Waals surface area contributed by atoms with Gasteiger partial charge in [-0.1, -0.05) is 26.2 Å². The van der Waals surface area contributed by atoms with Crippen molar-refractivity contribution in [2.75, 3.05) is 0 Å². The molecule has 0 aromatic heterocycles. The van der Waals surface area contributed by atoms with Crippen LogP contribution in [0.4, 0.5) is 0 Å². The van der Waals surface area contributed by atoms with E-state index in [1.165, 1.54) is 12.2 Å². The first-order valence-electron chi connectivity index (χ1n) is 9.27. The molecule has 0 rings (SSSR count). The van der Waals surface area contributed by atoms with Crippen molar-refractivity contribution in [2.24, 2.45) is 0 Å². The fourth-order valence-corrected chi connectivity index (χ4v) is 2.47. The molecule has 0 saturated heterocycles. The summed E-state index contributed by atoms with van der Waals surface area (Å²) in [5, 5.41) is 33.2. The Balaban J connectivity index is 4.85. The first kappa shape index (κ1) is 25.1. The maximum Gasteiger partial charge on any atom is 0.253 e. The van der Waals surface area contributed by atoms with Gasteiger partial charge < -0.3 is 4.79 Å². The van der Waals surface area contributed by atoms with Gasteiger partial charge in [0, 0.05) is 12.5 Å². The van der Waals surface area contributed by atoms with Gasteiger partial charge in [-0.3, -0.25) is 30.3 Å². The van der Waals surface area contributed by atoms with Crippen molar-refractivity contribution in [1.82, 2.24) is 0 Å². The third kappa shape index (κ3) is 11.7. The Morgan fingerprint density at radius 3 is 1.71 bits per heavy atom. The molecule has 0 heterocycles. The zero-order valence-corrected chi connectivity index (χ0v) is 16.1. The molecule has 10 nitrogen and oxygen atoms in total. The van der Waals surface area contributed by atoms with Crippen molar-refractivity contribution in [3.05, 3.63) is 65.7 Å². The number of nitrogens with zero attached hydrogens (tertiary/aromatic N) is 3. The lowest BCUT2D eigenvalue weighted by molar-refractivity contribution is -0.450. The Morgan fingerprint density at radius 1 is 0.714 bits per heavy atom. The van der Waals surface area contributed by atoms with Gasteiger partial charge in [0.05, 0.1) is 21.2 Å². The van der Waals surface area contributed by atoms with Gasteiger partial charge in [-0.2, -0.15) is 0 Å². The van der Waals surface area contributed by atoms with Crippen molar-refractivity contribution in [2.45, 2.75) is 71.1 Å². The molecule has 0 unspecified atom stereocenters. The van der Waals surface area contributed by atoms with Crippen LogP contribution in [0.5, 0.6) is 0 Å². The number of hydrogen-bond acceptors (Lipinski definition) is 7. The van der Waals surface area contributed by atoms with Crippen molar-refractivity contribution in [3.63, 3.8) is 0 Å². The number of carbonyl (C=O) groups excluding carboxylic acids is 1. The first-order valence-corrected chi connectivity index (χ1v) is 9.27. The van der Waals surface area contributed by atoms with Gasteiger partial charge in [-0.25, -0.2) is 0 Å². The highest BCUT2D eigenvalue weighted by atomic mass is 16.6. The molecule has 0 spiro atoms. The Labute approximate surface area is 163 Å². The quantitative estimate of drug-likeness (QED) is 0.160. The number of allylic oxidation sites excluding steroid dienone is 3. The summed E-state index contributed by atoms with van der Waals surface area (Å²) in [6.07, 6.45) is 9.51. The molecule has 10 heteroatoms. The largest absolute Gasteiger partial charge is 0.303 e. The summed E-state index contributed by atoms with van der Waals surface area (Å²) in [4.78, 5) is 41.4. The number of hydrogen-bond donors (Lipinski definition) is 0. The highest BCUT2D eigenvalue weighted by molar-refractivity contribution is 5.48. The summed E-state index contributed by atoms with van der Waals surface area (Å²) in [6, 6.07) is 0. The fourth-order valence-electron chi connectivity index (χ4n) is 2.47. The van der Waals surface area contributed by atoms with Crippen LogP contribution in [0.1, 0.15) is 71.1 Å². The predicted molar refractivity (Wildman–Crippen MR) is 103 cm³/mol. The van der Waals surface area contributed by atoms with Crippen LogP contribution in [-0.2, 0) is 4.79 Å². The van der Waals surface area contributed by atoms with E-state index in [9.17, 15) is 35.1 Å². The van der Waals surface area contributed by atoms with E-state index in [0.29, 0.717) is 25.7 Å². The van der Waals surface area contributed by atoms with Gasteiger partial charge in [0.15, 0.2) is 0 Å². The van der Waals surface area contributed by atoms with Crippen LogP contribution in [-0.4, -0.2) is 21.1 Å². The molecular formula is C18H27N3O7. The standard InChI is InChI=1S/C18H27N3O7/c1-2-10-16(19(23)24)12-13-18(21(27)28)15-17(20(25)26)11-8-6-4-3-5-7-9-14-22/h10-11,13-14H,2-9,12,15H2,1H3/b16-10+,17-11+,18-13+. The summed E-state index contributed by atoms with van der Waals surface area (Å²) in [6.45, 7) is 1.71. The van der Waals surface area contributed by atoms with Crippen LogP contribution in [0.2, 0.25) is 0 Å². The lowest BCUT2D eigenvalue weighted by atomic mass is 10.1. The average molecular weight is 397 g/mol. The van der Waals surface area contributed by atoms with Crippen molar-refractivity contribution >= 4 is 6.29 Å². The smallest absolute Gasteiger partial charge is 0.253 e. The minimum atomic E-state index is -0.742. The molecule has 0 aromatic carbocycles. The molecule has 0 atom stereocenters. The summed E-state index contributed by atoms with van der Waals surface area (Å²) < 4.78 is 0.